The fraction of sp³-hybridized carbons (Fsp3) is 0.769. The molecule has 1 N–H and O–H groups in total. The number of rotatable bonds is 4. The van der Waals surface area contributed by atoms with E-state index in [-0.39, 0.29) is 0 Å². The van der Waals surface area contributed by atoms with E-state index in [1.165, 1.54) is 36.9 Å². The van der Waals surface area contributed by atoms with E-state index in [1.807, 2.05) is 29.7 Å². The molecular weight excluding hydrogens is 230 g/mol. The van der Waals surface area contributed by atoms with E-state index >= 15 is 0 Å². The molecule has 2 rings (SSSR count). The van der Waals surface area contributed by atoms with Gasteiger partial charge in [-0.3, -0.25) is 4.68 Å². The molecule has 0 spiro atoms. The summed E-state index contributed by atoms with van der Waals surface area (Å²) in [6.45, 7) is 3.10. The second kappa shape index (κ2) is 5.91. The molecule has 1 heterocycles. The van der Waals surface area contributed by atoms with E-state index in [0.717, 1.165) is 11.8 Å². The predicted molar refractivity (Wildman–Crippen MR) is 74.3 cm³/mol. The van der Waals surface area contributed by atoms with Crippen molar-refractivity contribution in [2.24, 2.45) is 7.05 Å². The zero-order chi connectivity index (χ0) is 12.3. The highest BCUT2D eigenvalue weighted by molar-refractivity contribution is 7.99. The van der Waals surface area contributed by atoms with Crippen LogP contribution in [0.3, 0.4) is 0 Å². The largest absolute Gasteiger partial charge is 0.310 e. The SMILES string of the molecule is CSC1CCC(NCc2cnn(C)c2C)CC1. The minimum absolute atomic E-state index is 0.706. The summed E-state index contributed by atoms with van der Waals surface area (Å²) in [5, 5.41) is 8.85. The van der Waals surface area contributed by atoms with Gasteiger partial charge in [-0.1, -0.05) is 0 Å². The van der Waals surface area contributed by atoms with Gasteiger partial charge in [0.15, 0.2) is 0 Å². The van der Waals surface area contributed by atoms with Crippen LogP contribution < -0.4 is 5.32 Å². The van der Waals surface area contributed by atoms with Crippen LogP contribution in [-0.4, -0.2) is 27.3 Å². The summed E-state index contributed by atoms with van der Waals surface area (Å²) in [4.78, 5) is 0. The van der Waals surface area contributed by atoms with Gasteiger partial charge < -0.3 is 5.32 Å². The van der Waals surface area contributed by atoms with Crippen LogP contribution in [0.4, 0.5) is 0 Å². The molecule has 0 radical (unpaired) electrons. The first-order valence-corrected chi connectivity index (χ1v) is 7.73. The summed E-state index contributed by atoms with van der Waals surface area (Å²) in [5.41, 5.74) is 2.61. The molecule has 1 fully saturated rings. The monoisotopic (exact) mass is 253 g/mol. The van der Waals surface area contributed by atoms with Gasteiger partial charge >= 0.3 is 0 Å². The van der Waals surface area contributed by atoms with Crippen LogP contribution in [0, 0.1) is 6.92 Å². The molecule has 0 amide bonds. The van der Waals surface area contributed by atoms with Gasteiger partial charge in [-0.2, -0.15) is 16.9 Å². The third-order valence-electron chi connectivity index (χ3n) is 3.93. The second-order valence-electron chi connectivity index (χ2n) is 4.97. The van der Waals surface area contributed by atoms with Crippen molar-refractivity contribution in [2.75, 3.05) is 6.26 Å². The van der Waals surface area contributed by atoms with Crippen molar-refractivity contribution in [2.45, 2.75) is 50.4 Å². The highest BCUT2D eigenvalue weighted by Crippen LogP contribution is 2.27. The summed E-state index contributed by atoms with van der Waals surface area (Å²) < 4.78 is 1.95. The van der Waals surface area contributed by atoms with Gasteiger partial charge in [0.1, 0.15) is 0 Å². The van der Waals surface area contributed by atoms with E-state index in [4.69, 9.17) is 0 Å². The van der Waals surface area contributed by atoms with Crippen LogP contribution in [0.25, 0.3) is 0 Å². The Morgan fingerprint density at radius 3 is 2.65 bits per heavy atom. The Kier molecular flexibility index (Phi) is 4.51. The molecule has 1 aliphatic carbocycles. The first kappa shape index (κ1) is 13.0. The van der Waals surface area contributed by atoms with Gasteiger partial charge in [-0.15, -0.1) is 0 Å². The molecule has 96 valence electrons. The quantitative estimate of drug-likeness (QED) is 0.894. The molecule has 1 aromatic heterocycles. The number of thioether (sulfide) groups is 1. The molecule has 0 atom stereocenters. The smallest absolute Gasteiger partial charge is 0.0537 e. The van der Waals surface area contributed by atoms with E-state index < -0.39 is 0 Å². The second-order valence-corrected chi connectivity index (χ2v) is 6.11. The molecule has 0 aliphatic heterocycles. The Morgan fingerprint density at radius 1 is 1.41 bits per heavy atom. The fourth-order valence-corrected chi connectivity index (χ4v) is 3.22. The molecule has 0 unspecified atom stereocenters. The Morgan fingerprint density at radius 2 is 2.12 bits per heavy atom. The van der Waals surface area contributed by atoms with Gasteiger partial charge in [0.25, 0.3) is 0 Å². The Balaban J connectivity index is 1.78. The number of aryl methyl sites for hydroxylation is 1. The Bertz CT molecular complexity index is 354. The average molecular weight is 253 g/mol. The molecule has 17 heavy (non-hydrogen) atoms. The molecule has 1 aliphatic rings. The van der Waals surface area contributed by atoms with Crippen molar-refractivity contribution in [3.8, 4) is 0 Å². The molecule has 4 heteroatoms. The lowest BCUT2D eigenvalue weighted by Crippen LogP contribution is -2.33. The fourth-order valence-electron chi connectivity index (χ4n) is 2.47. The third kappa shape index (κ3) is 3.26. The number of nitrogens with zero attached hydrogens (tertiary/aromatic N) is 2. The van der Waals surface area contributed by atoms with Gasteiger partial charge in [-0.25, -0.2) is 0 Å². The van der Waals surface area contributed by atoms with Crippen molar-refractivity contribution in [3.05, 3.63) is 17.5 Å². The maximum Gasteiger partial charge on any atom is 0.0537 e. The van der Waals surface area contributed by atoms with Crippen LogP contribution in [0.15, 0.2) is 6.20 Å². The minimum atomic E-state index is 0.706. The minimum Gasteiger partial charge on any atom is -0.310 e. The van der Waals surface area contributed by atoms with Gasteiger partial charge in [-0.05, 0) is 38.9 Å². The predicted octanol–water partition coefficient (Wildman–Crippen LogP) is 2.49. The zero-order valence-electron chi connectivity index (χ0n) is 11.1. The Hall–Kier alpha value is -0.480. The van der Waals surface area contributed by atoms with Crippen LogP contribution in [0.1, 0.15) is 36.9 Å². The van der Waals surface area contributed by atoms with Crippen molar-refractivity contribution in [1.82, 2.24) is 15.1 Å². The first-order valence-electron chi connectivity index (χ1n) is 6.44. The molecule has 1 aromatic rings. The Labute approximate surface area is 108 Å². The molecule has 0 aromatic carbocycles. The number of hydrogen-bond acceptors (Lipinski definition) is 3. The van der Waals surface area contributed by atoms with E-state index in [2.05, 4.69) is 23.6 Å². The summed E-state index contributed by atoms with van der Waals surface area (Å²) >= 11 is 2.03. The highest BCUT2D eigenvalue weighted by Gasteiger charge is 2.20. The standard InChI is InChI=1S/C13H23N3S/c1-10-11(9-15-16(10)2)8-14-12-4-6-13(17-3)7-5-12/h9,12-14H,4-8H2,1-3H3. The van der Waals surface area contributed by atoms with Crippen molar-refractivity contribution < 1.29 is 0 Å². The zero-order valence-corrected chi connectivity index (χ0v) is 11.9. The lowest BCUT2D eigenvalue weighted by Gasteiger charge is -2.28. The summed E-state index contributed by atoms with van der Waals surface area (Å²) in [7, 11) is 2.00. The van der Waals surface area contributed by atoms with Crippen LogP contribution >= 0.6 is 11.8 Å². The lowest BCUT2D eigenvalue weighted by molar-refractivity contribution is 0.378. The van der Waals surface area contributed by atoms with Crippen molar-refractivity contribution in [3.63, 3.8) is 0 Å². The maximum absolute atomic E-state index is 4.28. The van der Waals surface area contributed by atoms with E-state index in [1.54, 1.807) is 0 Å². The average Bonchev–Trinajstić information content (AvgIpc) is 2.68. The van der Waals surface area contributed by atoms with Gasteiger partial charge in [0, 0.05) is 36.1 Å². The van der Waals surface area contributed by atoms with Crippen molar-refractivity contribution >= 4 is 11.8 Å². The molecule has 1 saturated carbocycles. The number of nitrogens with one attached hydrogen (secondary N) is 1. The van der Waals surface area contributed by atoms with Crippen LogP contribution in [0.5, 0.6) is 0 Å². The topological polar surface area (TPSA) is 29.9 Å². The van der Waals surface area contributed by atoms with Gasteiger partial charge in [0.2, 0.25) is 0 Å². The van der Waals surface area contributed by atoms with E-state index in [9.17, 15) is 0 Å². The summed E-state index contributed by atoms with van der Waals surface area (Å²) in [6, 6.07) is 0.706. The number of hydrogen-bond donors (Lipinski definition) is 1. The van der Waals surface area contributed by atoms with Crippen molar-refractivity contribution in [1.29, 1.82) is 0 Å². The third-order valence-corrected chi connectivity index (χ3v) is 5.06. The molecule has 0 saturated heterocycles. The summed E-state index contributed by atoms with van der Waals surface area (Å²) in [6.07, 6.45) is 9.60. The molecular formula is C13H23N3S. The highest BCUT2D eigenvalue weighted by atomic mass is 32.2. The lowest BCUT2D eigenvalue weighted by atomic mass is 9.95. The molecule has 0 bridgehead atoms. The van der Waals surface area contributed by atoms with Crippen LogP contribution in [-0.2, 0) is 13.6 Å². The van der Waals surface area contributed by atoms with E-state index in [0.29, 0.717) is 6.04 Å². The first-order chi connectivity index (χ1) is 8.20. The normalized spacial score (nSPS) is 25.1. The van der Waals surface area contributed by atoms with Crippen LogP contribution in [0.2, 0.25) is 0 Å². The van der Waals surface area contributed by atoms with Gasteiger partial charge in [0.05, 0.1) is 6.20 Å². The molecule has 3 nitrogen and oxygen atoms in total. The maximum atomic E-state index is 4.28. The summed E-state index contributed by atoms with van der Waals surface area (Å²) in [5.74, 6) is 0. The number of aromatic nitrogens is 2.